The Labute approximate surface area is 156 Å². The van der Waals surface area contributed by atoms with Gasteiger partial charge < -0.3 is 10.6 Å². The van der Waals surface area contributed by atoms with Crippen molar-refractivity contribution in [2.24, 2.45) is 0 Å². The molecule has 2 aromatic rings. The lowest BCUT2D eigenvalue weighted by Crippen LogP contribution is -2.42. The fourth-order valence-electron chi connectivity index (χ4n) is 2.83. The number of amides is 4. The lowest BCUT2D eigenvalue weighted by molar-refractivity contribution is -0.133. The Kier molecular flexibility index (Phi) is 4.99. The van der Waals surface area contributed by atoms with Gasteiger partial charge >= 0.3 is 6.03 Å². The summed E-state index contributed by atoms with van der Waals surface area (Å²) in [5.74, 6) is -0.871. The number of nitrogens with zero attached hydrogens (tertiary/aromatic N) is 1. The van der Waals surface area contributed by atoms with E-state index in [0.29, 0.717) is 11.3 Å². The molecule has 1 aliphatic heterocycles. The molecule has 7 heteroatoms. The molecule has 26 heavy (non-hydrogen) atoms. The summed E-state index contributed by atoms with van der Waals surface area (Å²) in [6, 6.07) is 15.7. The van der Waals surface area contributed by atoms with Gasteiger partial charge in [0, 0.05) is 10.6 Å². The molecule has 1 unspecified atom stereocenters. The molecule has 134 valence electrons. The molecule has 0 radical (unpaired) electrons. The number of urea groups is 1. The molecule has 3 rings (SSSR count). The Morgan fingerprint density at radius 2 is 1.77 bits per heavy atom. The standard InChI is InChI=1S/C19H19N3O3S/c1-19(13-6-4-3-5-7-13)17(24)22(18(25)21-19)12-16(23)20-14-8-10-15(26-2)11-9-14/h3-11H,12H2,1-2H3,(H,20,23)(H,21,25). The van der Waals surface area contributed by atoms with E-state index in [4.69, 9.17) is 0 Å². The fraction of sp³-hybridized carbons (Fsp3) is 0.211. The Balaban J connectivity index is 1.70. The van der Waals surface area contributed by atoms with Crippen LogP contribution in [0.2, 0.25) is 0 Å². The quantitative estimate of drug-likeness (QED) is 0.627. The van der Waals surface area contributed by atoms with Gasteiger partial charge in [0.1, 0.15) is 12.1 Å². The van der Waals surface area contributed by atoms with Gasteiger partial charge in [0.15, 0.2) is 0 Å². The van der Waals surface area contributed by atoms with Crippen LogP contribution in [-0.4, -0.2) is 35.5 Å². The Morgan fingerprint density at radius 1 is 1.12 bits per heavy atom. The van der Waals surface area contributed by atoms with Crippen molar-refractivity contribution in [2.45, 2.75) is 17.4 Å². The third-order valence-corrected chi connectivity index (χ3v) is 5.05. The van der Waals surface area contributed by atoms with Gasteiger partial charge in [0.05, 0.1) is 0 Å². The second-order valence-electron chi connectivity index (χ2n) is 6.09. The van der Waals surface area contributed by atoms with Crippen molar-refractivity contribution in [1.29, 1.82) is 0 Å². The highest BCUT2D eigenvalue weighted by molar-refractivity contribution is 7.98. The molecule has 1 saturated heterocycles. The topological polar surface area (TPSA) is 78.5 Å². The minimum Gasteiger partial charge on any atom is -0.325 e. The largest absolute Gasteiger partial charge is 0.325 e. The molecule has 0 spiro atoms. The number of benzene rings is 2. The molecule has 1 heterocycles. The first-order valence-electron chi connectivity index (χ1n) is 8.07. The van der Waals surface area contributed by atoms with Gasteiger partial charge in [-0.1, -0.05) is 30.3 Å². The van der Waals surface area contributed by atoms with Gasteiger partial charge in [-0.25, -0.2) is 4.79 Å². The van der Waals surface area contributed by atoms with Gasteiger partial charge in [-0.3, -0.25) is 14.5 Å². The monoisotopic (exact) mass is 369 g/mol. The van der Waals surface area contributed by atoms with Gasteiger partial charge in [0.2, 0.25) is 5.91 Å². The Morgan fingerprint density at radius 3 is 2.38 bits per heavy atom. The lowest BCUT2D eigenvalue weighted by atomic mass is 9.92. The van der Waals surface area contributed by atoms with Crippen LogP contribution in [-0.2, 0) is 15.1 Å². The summed E-state index contributed by atoms with van der Waals surface area (Å²) in [7, 11) is 0. The number of anilines is 1. The van der Waals surface area contributed by atoms with Gasteiger partial charge in [-0.15, -0.1) is 11.8 Å². The lowest BCUT2D eigenvalue weighted by Gasteiger charge is -2.22. The molecule has 0 saturated carbocycles. The van der Waals surface area contributed by atoms with E-state index in [2.05, 4.69) is 10.6 Å². The van der Waals surface area contributed by atoms with Crippen LogP contribution in [0.3, 0.4) is 0 Å². The Hall–Kier alpha value is -2.80. The summed E-state index contributed by atoms with van der Waals surface area (Å²) in [5, 5.41) is 5.39. The molecule has 4 amide bonds. The maximum Gasteiger partial charge on any atom is 0.325 e. The SMILES string of the molecule is CSc1ccc(NC(=O)CN2C(=O)NC(C)(c3ccccc3)C2=O)cc1. The average Bonchev–Trinajstić information content (AvgIpc) is 2.87. The van der Waals surface area contributed by atoms with E-state index < -0.39 is 23.4 Å². The van der Waals surface area contributed by atoms with Crippen LogP contribution in [0.1, 0.15) is 12.5 Å². The van der Waals surface area contributed by atoms with Crippen LogP contribution in [0.5, 0.6) is 0 Å². The van der Waals surface area contributed by atoms with E-state index in [9.17, 15) is 14.4 Å². The Bertz CT molecular complexity index is 839. The zero-order chi connectivity index (χ0) is 18.7. The minimum atomic E-state index is -1.17. The van der Waals surface area contributed by atoms with E-state index >= 15 is 0 Å². The first-order valence-corrected chi connectivity index (χ1v) is 9.30. The average molecular weight is 369 g/mol. The maximum atomic E-state index is 12.8. The molecule has 6 nitrogen and oxygen atoms in total. The van der Waals surface area contributed by atoms with E-state index in [1.165, 1.54) is 0 Å². The molecular weight excluding hydrogens is 350 g/mol. The van der Waals surface area contributed by atoms with Crippen LogP contribution in [0.15, 0.2) is 59.5 Å². The van der Waals surface area contributed by atoms with E-state index in [0.717, 1.165) is 9.80 Å². The van der Waals surface area contributed by atoms with Crippen molar-refractivity contribution in [3.05, 3.63) is 60.2 Å². The predicted octanol–water partition coefficient (Wildman–Crippen LogP) is 2.81. The third-order valence-electron chi connectivity index (χ3n) is 4.30. The van der Waals surface area contributed by atoms with E-state index in [-0.39, 0.29) is 6.54 Å². The number of hydrogen-bond acceptors (Lipinski definition) is 4. The molecule has 2 aromatic carbocycles. The van der Waals surface area contributed by atoms with Crippen LogP contribution in [0.4, 0.5) is 10.5 Å². The highest BCUT2D eigenvalue weighted by atomic mass is 32.2. The van der Waals surface area contributed by atoms with Crippen molar-refractivity contribution in [3.8, 4) is 0 Å². The van der Waals surface area contributed by atoms with Crippen molar-refractivity contribution >= 4 is 35.3 Å². The fourth-order valence-corrected chi connectivity index (χ4v) is 3.23. The maximum absolute atomic E-state index is 12.8. The molecule has 1 fully saturated rings. The summed E-state index contributed by atoms with van der Waals surface area (Å²) < 4.78 is 0. The second kappa shape index (κ2) is 7.21. The van der Waals surface area contributed by atoms with Crippen LogP contribution < -0.4 is 10.6 Å². The van der Waals surface area contributed by atoms with Crippen molar-refractivity contribution in [3.63, 3.8) is 0 Å². The van der Waals surface area contributed by atoms with Crippen LogP contribution >= 0.6 is 11.8 Å². The number of nitrogens with one attached hydrogen (secondary N) is 2. The number of carbonyl (C=O) groups excluding carboxylic acids is 3. The first-order chi connectivity index (χ1) is 12.4. The summed E-state index contributed by atoms with van der Waals surface area (Å²) in [6.07, 6.45) is 1.97. The minimum absolute atomic E-state index is 0.336. The summed E-state index contributed by atoms with van der Waals surface area (Å²) in [4.78, 5) is 39.3. The van der Waals surface area contributed by atoms with E-state index in [1.807, 2.05) is 24.5 Å². The predicted molar refractivity (Wildman–Crippen MR) is 101 cm³/mol. The molecular formula is C19H19N3O3S. The third kappa shape index (κ3) is 3.43. The summed E-state index contributed by atoms with van der Waals surface area (Å²) in [5.41, 5.74) is 0.123. The smallest absolute Gasteiger partial charge is 0.325 e. The van der Waals surface area contributed by atoms with Crippen molar-refractivity contribution in [2.75, 3.05) is 18.1 Å². The normalized spacial score (nSPS) is 19.4. The molecule has 2 N–H and O–H groups in total. The van der Waals surface area contributed by atoms with Gasteiger partial charge in [-0.05, 0) is 43.0 Å². The molecule has 1 aliphatic rings. The van der Waals surface area contributed by atoms with Crippen LogP contribution in [0.25, 0.3) is 0 Å². The summed E-state index contributed by atoms with van der Waals surface area (Å²) in [6.45, 7) is 1.30. The first kappa shape index (κ1) is 18.0. The molecule has 0 aromatic heterocycles. The van der Waals surface area contributed by atoms with Crippen molar-refractivity contribution in [1.82, 2.24) is 10.2 Å². The number of hydrogen-bond donors (Lipinski definition) is 2. The van der Waals surface area contributed by atoms with Gasteiger partial charge in [0.25, 0.3) is 5.91 Å². The molecule has 0 aliphatic carbocycles. The van der Waals surface area contributed by atoms with Crippen LogP contribution in [0, 0.1) is 0 Å². The highest BCUT2D eigenvalue weighted by Crippen LogP contribution is 2.28. The number of thioether (sulfide) groups is 1. The number of imide groups is 1. The van der Waals surface area contributed by atoms with E-state index in [1.54, 1.807) is 55.1 Å². The van der Waals surface area contributed by atoms with Crippen molar-refractivity contribution < 1.29 is 14.4 Å². The molecule has 1 atom stereocenters. The zero-order valence-corrected chi connectivity index (χ0v) is 15.3. The van der Waals surface area contributed by atoms with Gasteiger partial charge in [-0.2, -0.15) is 0 Å². The highest BCUT2D eigenvalue weighted by Gasteiger charge is 2.49. The second-order valence-corrected chi connectivity index (χ2v) is 6.97. The summed E-state index contributed by atoms with van der Waals surface area (Å²) >= 11 is 1.60. The number of carbonyl (C=O) groups is 3. The zero-order valence-electron chi connectivity index (χ0n) is 14.5. The number of rotatable bonds is 5. The molecule has 0 bridgehead atoms.